The molecule has 5 nitrogen and oxygen atoms in total. The molecule has 0 radical (unpaired) electrons. The van der Waals surface area contributed by atoms with E-state index in [1.54, 1.807) is 14.0 Å². The molecule has 144 valence electrons. The van der Waals surface area contributed by atoms with Crippen molar-refractivity contribution < 1.29 is 14.3 Å². The highest BCUT2D eigenvalue weighted by Crippen LogP contribution is 2.33. The molecule has 0 aliphatic heterocycles. The summed E-state index contributed by atoms with van der Waals surface area (Å²) < 4.78 is 10.4. The van der Waals surface area contributed by atoms with Gasteiger partial charge in [-0.3, -0.25) is 0 Å². The Labute approximate surface area is 165 Å². The number of aromatic nitrogens is 1. The molecule has 0 bridgehead atoms. The number of aryl methyl sites for hydroxylation is 2. The largest absolute Gasteiger partial charge is 0.497 e. The van der Waals surface area contributed by atoms with E-state index < -0.39 is 5.97 Å². The molecule has 3 rings (SSSR count). The third kappa shape index (κ3) is 3.83. The van der Waals surface area contributed by atoms with Gasteiger partial charge in [-0.05, 0) is 61.7 Å². The number of carbonyl (C=O) groups is 1. The van der Waals surface area contributed by atoms with Crippen molar-refractivity contribution in [3.05, 3.63) is 65.2 Å². The molecular formula is C23H24N2O3. The third-order valence-electron chi connectivity index (χ3n) is 4.73. The number of nitrogens with zero attached hydrogens (tertiary/aromatic N) is 1. The van der Waals surface area contributed by atoms with E-state index in [9.17, 15) is 4.79 Å². The lowest BCUT2D eigenvalue weighted by molar-refractivity contribution is 0.0528. The van der Waals surface area contributed by atoms with Crippen molar-refractivity contribution in [2.75, 3.05) is 19.5 Å². The van der Waals surface area contributed by atoms with E-state index in [0.717, 1.165) is 16.9 Å². The van der Waals surface area contributed by atoms with Gasteiger partial charge in [-0.25, -0.2) is 9.78 Å². The maximum atomic E-state index is 12.6. The van der Waals surface area contributed by atoms with Gasteiger partial charge in [0.15, 0.2) is 0 Å². The maximum Gasteiger partial charge on any atom is 0.342 e. The smallest absolute Gasteiger partial charge is 0.342 e. The number of carbonyl (C=O) groups excluding carboxylic acids is 1. The third-order valence-corrected chi connectivity index (χ3v) is 4.73. The Morgan fingerprint density at radius 2 is 1.68 bits per heavy atom. The summed E-state index contributed by atoms with van der Waals surface area (Å²) in [5.41, 5.74) is 12.0. The van der Waals surface area contributed by atoms with Crippen molar-refractivity contribution in [2.24, 2.45) is 0 Å². The Bertz CT molecular complexity index is 1010. The summed E-state index contributed by atoms with van der Waals surface area (Å²) >= 11 is 0. The fraction of sp³-hybridized carbons (Fsp3) is 0.217. The number of pyridine rings is 1. The number of anilines is 1. The van der Waals surface area contributed by atoms with Gasteiger partial charge >= 0.3 is 5.97 Å². The van der Waals surface area contributed by atoms with Gasteiger partial charge in [-0.15, -0.1) is 0 Å². The second-order valence-electron chi connectivity index (χ2n) is 6.56. The zero-order valence-corrected chi connectivity index (χ0v) is 16.6. The maximum absolute atomic E-state index is 12.6. The van der Waals surface area contributed by atoms with E-state index in [1.165, 1.54) is 11.1 Å². The molecule has 0 spiro atoms. The van der Waals surface area contributed by atoms with E-state index >= 15 is 0 Å². The lowest BCUT2D eigenvalue weighted by Crippen LogP contribution is -2.12. The second kappa shape index (κ2) is 8.13. The number of rotatable bonds is 5. The van der Waals surface area contributed by atoms with Crippen LogP contribution in [-0.2, 0) is 4.74 Å². The number of benzene rings is 2. The highest BCUT2D eigenvalue weighted by Gasteiger charge is 2.21. The minimum atomic E-state index is -0.482. The molecule has 2 N–H and O–H groups in total. The number of ether oxygens (including phenoxy) is 2. The van der Waals surface area contributed by atoms with Gasteiger partial charge in [0.1, 0.15) is 17.1 Å². The summed E-state index contributed by atoms with van der Waals surface area (Å²) in [7, 11) is 1.61. The number of esters is 1. The minimum Gasteiger partial charge on any atom is -0.497 e. The molecule has 0 aliphatic rings. The average Bonchev–Trinajstić information content (AvgIpc) is 2.69. The molecule has 0 aliphatic carbocycles. The first-order chi connectivity index (χ1) is 13.4. The zero-order chi connectivity index (χ0) is 20.3. The van der Waals surface area contributed by atoms with Crippen molar-refractivity contribution in [3.63, 3.8) is 0 Å². The summed E-state index contributed by atoms with van der Waals surface area (Å²) in [6, 6.07) is 15.5. The van der Waals surface area contributed by atoms with Crippen molar-refractivity contribution in [2.45, 2.75) is 20.8 Å². The van der Waals surface area contributed by atoms with Crippen LogP contribution >= 0.6 is 0 Å². The van der Waals surface area contributed by atoms with Gasteiger partial charge in [0.25, 0.3) is 0 Å². The van der Waals surface area contributed by atoms with Crippen LogP contribution < -0.4 is 10.5 Å². The van der Waals surface area contributed by atoms with Crippen LogP contribution in [0.15, 0.2) is 48.5 Å². The molecule has 0 amide bonds. The van der Waals surface area contributed by atoms with Crippen LogP contribution in [0.3, 0.4) is 0 Å². The van der Waals surface area contributed by atoms with E-state index in [-0.39, 0.29) is 18.0 Å². The lowest BCUT2D eigenvalue weighted by Gasteiger charge is -2.14. The van der Waals surface area contributed by atoms with Gasteiger partial charge in [0.05, 0.1) is 19.4 Å². The van der Waals surface area contributed by atoms with Crippen molar-refractivity contribution in [3.8, 4) is 28.1 Å². The SMILES string of the molecule is CCOC(=O)c1c(-c2ccc(OC)cc2)cc(-c2ccc(C)c(C)c2)nc1N. The molecule has 0 atom stereocenters. The fourth-order valence-electron chi connectivity index (χ4n) is 3.03. The lowest BCUT2D eigenvalue weighted by atomic mass is 9.96. The molecule has 5 heteroatoms. The Balaban J connectivity index is 2.20. The van der Waals surface area contributed by atoms with Crippen LogP contribution in [-0.4, -0.2) is 24.7 Å². The van der Waals surface area contributed by atoms with E-state index in [4.69, 9.17) is 15.2 Å². The predicted octanol–water partition coefficient (Wildman–Crippen LogP) is 4.80. The van der Waals surface area contributed by atoms with E-state index in [1.807, 2.05) is 36.4 Å². The zero-order valence-electron chi connectivity index (χ0n) is 16.6. The summed E-state index contributed by atoms with van der Waals surface area (Å²) in [6.45, 7) is 6.14. The highest BCUT2D eigenvalue weighted by molar-refractivity contribution is 6.02. The summed E-state index contributed by atoms with van der Waals surface area (Å²) in [4.78, 5) is 17.1. The first-order valence-electron chi connectivity index (χ1n) is 9.14. The number of hydrogen-bond donors (Lipinski definition) is 1. The summed E-state index contributed by atoms with van der Waals surface area (Å²) in [5.74, 6) is 0.405. The van der Waals surface area contributed by atoms with Crippen LogP contribution in [0.1, 0.15) is 28.4 Å². The predicted molar refractivity (Wildman–Crippen MR) is 112 cm³/mol. The highest BCUT2D eigenvalue weighted by atomic mass is 16.5. The Kier molecular flexibility index (Phi) is 5.64. The van der Waals surface area contributed by atoms with Gasteiger partial charge < -0.3 is 15.2 Å². The quantitative estimate of drug-likeness (QED) is 0.648. The summed E-state index contributed by atoms with van der Waals surface area (Å²) in [6.07, 6.45) is 0. The molecule has 0 fully saturated rings. The summed E-state index contributed by atoms with van der Waals surface area (Å²) in [5, 5.41) is 0. The van der Waals surface area contributed by atoms with Crippen LogP contribution in [0, 0.1) is 13.8 Å². The monoisotopic (exact) mass is 376 g/mol. The van der Waals surface area contributed by atoms with Crippen LogP contribution in [0.2, 0.25) is 0 Å². The number of hydrogen-bond acceptors (Lipinski definition) is 5. The molecule has 1 heterocycles. The van der Waals surface area contributed by atoms with Crippen molar-refractivity contribution >= 4 is 11.8 Å². The van der Waals surface area contributed by atoms with Gasteiger partial charge in [-0.1, -0.05) is 24.3 Å². The van der Waals surface area contributed by atoms with Crippen molar-refractivity contribution in [1.29, 1.82) is 0 Å². The average molecular weight is 376 g/mol. The normalized spacial score (nSPS) is 10.6. The number of nitrogen functional groups attached to an aromatic ring is 1. The first-order valence-corrected chi connectivity index (χ1v) is 9.14. The molecule has 3 aromatic rings. The van der Waals surface area contributed by atoms with E-state index in [0.29, 0.717) is 11.3 Å². The minimum absolute atomic E-state index is 0.153. The van der Waals surface area contributed by atoms with Gasteiger partial charge in [-0.2, -0.15) is 0 Å². The molecular weight excluding hydrogens is 352 g/mol. The number of methoxy groups -OCH3 is 1. The standard InChI is InChI=1S/C23H24N2O3/c1-5-28-23(26)21-19(16-8-10-18(27-4)11-9-16)13-20(25-22(21)24)17-7-6-14(2)15(3)12-17/h6-13H,5H2,1-4H3,(H2,24,25). The van der Waals surface area contributed by atoms with Gasteiger partial charge in [0.2, 0.25) is 0 Å². The topological polar surface area (TPSA) is 74.4 Å². The molecule has 0 saturated carbocycles. The molecule has 0 saturated heterocycles. The molecule has 0 unspecified atom stereocenters. The Hall–Kier alpha value is -3.34. The fourth-order valence-corrected chi connectivity index (χ4v) is 3.03. The van der Waals surface area contributed by atoms with Crippen LogP contribution in [0.4, 0.5) is 5.82 Å². The van der Waals surface area contributed by atoms with Crippen LogP contribution in [0.25, 0.3) is 22.4 Å². The van der Waals surface area contributed by atoms with Crippen molar-refractivity contribution in [1.82, 2.24) is 4.98 Å². The van der Waals surface area contributed by atoms with Crippen LogP contribution in [0.5, 0.6) is 5.75 Å². The first kappa shape index (κ1) is 19.4. The number of nitrogens with two attached hydrogens (primary N) is 1. The second-order valence-corrected chi connectivity index (χ2v) is 6.56. The molecule has 1 aromatic heterocycles. The molecule has 2 aromatic carbocycles. The Morgan fingerprint density at radius 1 is 1.00 bits per heavy atom. The van der Waals surface area contributed by atoms with E-state index in [2.05, 4.69) is 31.0 Å². The Morgan fingerprint density at radius 3 is 2.29 bits per heavy atom. The molecule has 28 heavy (non-hydrogen) atoms. The van der Waals surface area contributed by atoms with Gasteiger partial charge in [0, 0.05) is 11.1 Å².